The van der Waals surface area contributed by atoms with Gasteiger partial charge >= 0.3 is 0 Å². The lowest BCUT2D eigenvalue weighted by Gasteiger charge is -2.04. The minimum atomic E-state index is -0.635. The Hall–Kier alpha value is -1.51. The predicted molar refractivity (Wildman–Crippen MR) is 47.1 cm³/mol. The number of ketones is 3. The molecule has 1 aliphatic rings. The standard InChI is InChI=1S/C10H10O3/c1-6(2)7-5-10(13)9(12)4-3-8(7)11/h3-6H,1-2H3. The first-order chi connectivity index (χ1) is 6.02. The predicted octanol–water partition coefficient (Wildman–Crippen LogP) is 0.846. The van der Waals surface area contributed by atoms with Crippen LogP contribution in [0.15, 0.2) is 23.8 Å². The molecular formula is C10H10O3. The van der Waals surface area contributed by atoms with Crippen molar-refractivity contribution in [1.29, 1.82) is 0 Å². The van der Waals surface area contributed by atoms with Crippen LogP contribution in [0.3, 0.4) is 0 Å². The molecule has 0 fully saturated rings. The quantitative estimate of drug-likeness (QED) is 0.559. The lowest BCUT2D eigenvalue weighted by atomic mass is 9.98. The zero-order chi connectivity index (χ0) is 10.0. The second-order valence-corrected chi connectivity index (χ2v) is 3.18. The monoisotopic (exact) mass is 178 g/mol. The molecule has 0 aromatic rings. The van der Waals surface area contributed by atoms with Crippen molar-refractivity contribution in [1.82, 2.24) is 0 Å². The fourth-order valence-electron chi connectivity index (χ4n) is 1.06. The highest BCUT2D eigenvalue weighted by atomic mass is 16.2. The van der Waals surface area contributed by atoms with Gasteiger partial charge in [-0.1, -0.05) is 13.8 Å². The van der Waals surface area contributed by atoms with Crippen molar-refractivity contribution in [3.05, 3.63) is 23.8 Å². The van der Waals surface area contributed by atoms with Crippen LogP contribution in [-0.4, -0.2) is 17.3 Å². The Balaban J connectivity index is 3.14. The van der Waals surface area contributed by atoms with Gasteiger partial charge < -0.3 is 0 Å². The van der Waals surface area contributed by atoms with E-state index >= 15 is 0 Å². The Morgan fingerprint density at radius 2 is 1.46 bits per heavy atom. The largest absolute Gasteiger partial charge is 0.290 e. The molecule has 0 bridgehead atoms. The number of hydrogen-bond donors (Lipinski definition) is 0. The van der Waals surface area contributed by atoms with E-state index in [0.29, 0.717) is 5.57 Å². The highest BCUT2D eigenvalue weighted by Crippen LogP contribution is 2.13. The molecule has 0 spiro atoms. The number of rotatable bonds is 1. The second kappa shape index (κ2) is 3.47. The summed E-state index contributed by atoms with van der Waals surface area (Å²) < 4.78 is 0. The van der Waals surface area contributed by atoms with E-state index in [4.69, 9.17) is 0 Å². The van der Waals surface area contributed by atoms with Gasteiger partial charge in [0.1, 0.15) is 0 Å². The fraction of sp³-hybridized carbons (Fsp3) is 0.300. The summed E-state index contributed by atoms with van der Waals surface area (Å²) in [7, 11) is 0. The van der Waals surface area contributed by atoms with Gasteiger partial charge in [0.2, 0.25) is 11.6 Å². The van der Waals surface area contributed by atoms with Crippen LogP contribution in [0.1, 0.15) is 13.8 Å². The van der Waals surface area contributed by atoms with Crippen LogP contribution in [-0.2, 0) is 14.4 Å². The summed E-state index contributed by atoms with van der Waals surface area (Å²) in [4.78, 5) is 33.2. The van der Waals surface area contributed by atoms with Gasteiger partial charge in [-0.2, -0.15) is 0 Å². The Labute approximate surface area is 76.1 Å². The Kier molecular flexibility index (Phi) is 2.56. The number of carbonyl (C=O) groups is 3. The first-order valence-corrected chi connectivity index (χ1v) is 4.04. The Bertz CT molecular complexity index is 332. The molecule has 0 aromatic carbocycles. The third-order valence-corrected chi connectivity index (χ3v) is 1.82. The molecule has 0 N–H and O–H groups in total. The SMILES string of the molecule is CC(C)C1=CC(=O)C(=O)C=CC1=O. The van der Waals surface area contributed by atoms with Crippen LogP contribution in [0.25, 0.3) is 0 Å². The van der Waals surface area contributed by atoms with Crippen LogP contribution in [0.4, 0.5) is 0 Å². The summed E-state index contributed by atoms with van der Waals surface area (Å²) in [6.45, 7) is 3.61. The maximum atomic E-state index is 11.3. The van der Waals surface area contributed by atoms with Gasteiger partial charge in [-0.15, -0.1) is 0 Å². The van der Waals surface area contributed by atoms with Crippen molar-refractivity contribution in [2.75, 3.05) is 0 Å². The zero-order valence-electron chi connectivity index (χ0n) is 7.53. The Morgan fingerprint density at radius 3 is 2.00 bits per heavy atom. The van der Waals surface area contributed by atoms with E-state index in [-0.39, 0.29) is 11.7 Å². The molecule has 0 aromatic heterocycles. The smallest absolute Gasteiger partial charge is 0.226 e. The molecule has 0 saturated carbocycles. The molecule has 3 heteroatoms. The van der Waals surface area contributed by atoms with Crippen molar-refractivity contribution in [2.45, 2.75) is 13.8 Å². The van der Waals surface area contributed by atoms with Gasteiger partial charge in [0.05, 0.1) is 0 Å². The van der Waals surface area contributed by atoms with Gasteiger partial charge in [0, 0.05) is 5.57 Å². The van der Waals surface area contributed by atoms with Crippen LogP contribution in [0, 0.1) is 5.92 Å². The summed E-state index contributed by atoms with van der Waals surface area (Å²) >= 11 is 0. The zero-order valence-corrected chi connectivity index (χ0v) is 7.53. The van der Waals surface area contributed by atoms with E-state index in [1.807, 2.05) is 0 Å². The summed E-state index contributed by atoms with van der Waals surface area (Å²) in [5, 5.41) is 0. The van der Waals surface area contributed by atoms with Gasteiger partial charge in [-0.3, -0.25) is 14.4 Å². The summed E-state index contributed by atoms with van der Waals surface area (Å²) in [6, 6.07) is 0. The second-order valence-electron chi connectivity index (χ2n) is 3.18. The van der Waals surface area contributed by atoms with E-state index in [2.05, 4.69) is 0 Å². The normalized spacial score (nSPS) is 17.8. The van der Waals surface area contributed by atoms with E-state index < -0.39 is 11.6 Å². The van der Waals surface area contributed by atoms with Gasteiger partial charge in [0.25, 0.3) is 0 Å². The van der Waals surface area contributed by atoms with Crippen molar-refractivity contribution in [2.24, 2.45) is 5.92 Å². The number of hydrogen-bond acceptors (Lipinski definition) is 3. The van der Waals surface area contributed by atoms with Crippen molar-refractivity contribution in [3.8, 4) is 0 Å². The van der Waals surface area contributed by atoms with Crippen LogP contribution in [0.5, 0.6) is 0 Å². The molecule has 13 heavy (non-hydrogen) atoms. The summed E-state index contributed by atoms with van der Waals surface area (Å²) in [6.07, 6.45) is 3.31. The molecule has 0 radical (unpaired) electrons. The minimum absolute atomic E-state index is 0.0352. The molecule has 3 nitrogen and oxygen atoms in total. The molecule has 1 aliphatic carbocycles. The average molecular weight is 178 g/mol. The van der Waals surface area contributed by atoms with Gasteiger partial charge in [-0.25, -0.2) is 0 Å². The molecule has 68 valence electrons. The lowest BCUT2D eigenvalue weighted by molar-refractivity contribution is -0.130. The topological polar surface area (TPSA) is 51.2 Å². The first-order valence-electron chi connectivity index (χ1n) is 4.04. The average Bonchev–Trinajstić information content (AvgIpc) is 2.18. The molecule has 0 saturated heterocycles. The maximum Gasteiger partial charge on any atom is 0.226 e. The van der Waals surface area contributed by atoms with E-state index in [0.717, 1.165) is 18.2 Å². The van der Waals surface area contributed by atoms with Crippen molar-refractivity contribution >= 4 is 17.3 Å². The molecule has 0 atom stereocenters. The third kappa shape index (κ3) is 1.99. The van der Waals surface area contributed by atoms with E-state index in [9.17, 15) is 14.4 Å². The van der Waals surface area contributed by atoms with Crippen molar-refractivity contribution < 1.29 is 14.4 Å². The summed E-state index contributed by atoms with van der Waals surface area (Å²) in [5.41, 5.74) is 0.395. The molecule has 0 amide bonds. The number of carbonyl (C=O) groups excluding carboxylic acids is 3. The first kappa shape index (κ1) is 9.58. The van der Waals surface area contributed by atoms with Gasteiger partial charge in [0.15, 0.2) is 5.78 Å². The van der Waals surface area contributed by atoms with Crippen LogP contribution >= 0.6 is 0 Å². The summed E-state index contributed by atoms with van der Waals surface area (Å²) in [5.74, 6) is -1.55. The van der Waals surface area contributed by atoms with Crippen molar-refractivity contribution in [3.63, 3.8) is 0 Å². The van der Waals surface area contributed by atoms with E-state index in [1.54, 1.807) is 13.8 Å². The number of allylic oxidation sites excluding steroid dienone is 4. The maximum absolute atomic E-state index is 11.3. The van der Waals surface area contributed by atoms with Gasteiger partial charge in [-0.05, 0) is 24.1 Å². The highest BCUT2D eigenvalue weighted by molar-refractivity contribution is 6.47. The minimum Gasteiger partial charge on any atom is -0.290 e. The molecule has 1 rings (SSSR count). The highest BCUT2D eigenvalue weighted by Gasteiger charge is 2.19. The van der Waals surface area contributed by atoms with Crippen LogP contribution < -0.4 is 0 Å². The lowest BCUT2D eigenvalue weighted by Crippen LogP contribution is -2.09. The van der Waals surface area contributed by atoms with Crippen LogP contribution in [0.2, 0.25) is 0 Å². The third-order valence-electron chi connectivity index (χ3n) is 1.82. The Morgan fingerprint density at radius 1 is 0.923 bits per heavy atom. The fourth-order valence-corrected chi connectivity index (χ4v) is 1.06. The molecule has 0 aliphatic heterocycles. The molecular weight excluding hydrogens is 168 g/mol. The van der Waals surface area contributed by atoms with E-state index in [1.165, 1.54) is 0 Å². The molecule has 0 unspecified atom stereocenters. The molecule has 0 heterocycles.